The van der Waals surface area contributed by atoms with Gasteiger partial charge < -0.3 is 4.98 Å². The van der Waals surface area contributed by atoms with Crippen LogP contribution in [0.4, 0.5) is 0 Å². The van der Waals surface area contributed by atoms with Crippen molar-refractivity contribution in [1.29, 1.82) is 0 Å². The van der Waals surface area contributed by atoms with E-state index in [1.165, 1.54) is 27.9 Å². The van der Waals surface area contributed by atoms with Gasteiger partial charge in [0.05, 0.1) is 0 Å². The first-order chi connectivity index (χ1) is 8.16. The normalized spacial score (nSPS) is 12.3. The maximum absolute atomic E-state index is 4.71. The Bertz CT molecular complexity index is 602. The number of benzene rings is 1. The molecule has 0 unspecified atom stereocenters. The van der Waals surface area contributed by atoms with Gasteiger partial charge in [-0.15, -0.1) is 5.56 Å². The molecule has 2 aromatic rings. The van der Waals surface area contributed by atoms with Crippen molar-refractivity contribution in [3.8, 4) is 0 Å². The molecular weight excluding hydrogens is 295 g/mol. The third kappa shape index (κ3) is 2.15. The van der Waals surface area contributed by atoms with Gasteiger partial charge in [0.1, 0.15) is 0 Å². The van der Waals surface area contributed by atoms with E-state index in [4.69, 9.17) is 4.98 Å². The van der Waals surface area contributed by atoms with Gasteiger partial charge in [0, 0.05) is 44.8 Å². The van der Waals surface area contributed by atoms with Crippen LogP contribution in [0, 0.1) is 20.8 Å². The molecule has 18 heavy (non-hydrogen) atoms. The van der Waals surface area contributed by atoms with Crippen LogP contribution in [0.25, 0.3) is 0 Å². The van der Waals surface area contributed by atoms with E-state index in [9.17, 15) is 0 Å². The fraction of sp³-hybridized carbons (Fsp3) is 0.250. The van der Waals surface area contributed by atoms with Gasteiger partial charge in [0.2, 0.25) is 0 Å². The molecule has 0 amide bonds. The fourth-order valence-electron chi connectivity index (χ4n) is 2.66. The SMILES string of the molecule is [CH2-]c1c(C)nc2c(c1C)Cc1ccccc1C2.[Y]. The Morgan fingerprint density at radius 3 is 2.33 bits per heavy atom. The van der Waals surface area contributed by atoms with Crippen LogP contribution in [-0.2, 0) is 45.6 Å². The topological polar surface area (TPSA) is 12.9 Å². The van der Waals surface area contributed by atoms with Crippen LogP contribution >= 0.6 is 0 Å². The summed E-state index contributed by atoms with van der Waals surface area (Å²) in [6.45, 7) is 8.34. The molecule has 0 N–H and O–H groups in total. The molecule has 1 aliphatic carbocycles. The van der Waals surface area contributed by atoms with Crippen molar-refractivity contribution in [1.82, 2.24) is 4.98 Å². The maximum Gasteiger partial charge on any atom is 0.0218 e. The average Bonchev–Trinajstić information content (AvgIpc) is 2.34. The summed E-state index contributed by atoms with van der Waals surface area (Å²) in [5.74, 6) is 0. The minimum Gasteiger partial charge on any atom is -0.322 e. The van der Waals surface area contributed by atoms with Gasteiger partial charge in [-0.05, 0) is 17.5 Å². The molecular formula is C16H16NY-. The largest absolute Gasteiger partial charge is 0.322 e. The van der Waals surface area contributed by atoms with E-state index in [2.05, 4.69) is 45.0 Å². The van der Waals surface area contributed by atoms with Crippen LogP contribution in [0.2, 0.25) is 0 Å². The quantitative estimate of drug-likeness (QED) is 0.580. The van der Waals surface area contributed by atoms with Crippen molar-refractivity contribution >= 4 is 0 Å². The van der Waals surface area contributed by atoms with E-state index in [1.54, 1.807) is 0 Å². The summed E-state index contributed by atoms with van der Waals surface area (Å²) in [7, 11) is 0. The molecule has 0 spiro atoms. The van der Waals surface area contributed by atoms with Crippen molar-refractivity contribution < 1.29 is 32.7 Å². The molecule has 1 heterocycles. The Kier molecular flexibility index (Phi) is 3.94. The van der Waals surface area contributed by atoms with E-state index in [0.717, 1.165) is 24.1 Å². The van der Waals surface area contributed by atoms with Crippen LogP contribution in [0.3, 0.4) is 0 Å². The summed E-state index contributed by atoms with van der Waals surface area (Å²) in [6.07, 6.45) is 1.97. The number of rotatable bonds is 0. The smallest absolute Gasteiger partial charge is 0.0218 e. The van der Waals surface area contributed by atoms with Gasteiger partial charge in [-0.25, -0.2) is 0 Å². The second kappa shape index (κ2) is 5.15. The molecule has 1 aromatic carbocycles. The van der Waals surface area contributed by atoms with Crippen LogP contribution in [-0.4, -0.2) is 4.98 Å². The number of aromatic nitrogens is 1. The third-order valence-corrected chi connectivity index (χ3v) is 3.84. The summed E-state index contributed by atoms with van der Waals surface area (Å²) in [5, 5.41) is 0. The van der Waals surface area contributed by atoms with Crippen molar-refractivity contribution in [3.05, 3.63) is 70.4 Å². The zero-order valence-electron chi connectivity index (χ0n) is 11.0. The van der Waals surface area contributed by atoms with Crippen LogP contribution in [0.5, 0.6) is 0 Å². The number of aryl methyl sites for hydroxylation is 1. The van der Waals surface area contributed by atoms with Gasteiger partial charge in [-0.1, -0.05) is 49.4 Å². The van der Waals surface area contributed by atoms with Crippen LogP contribution < -0.4 is 0 Å². The van der Waals surface area contributed by atoms with Crippen molar-refractivity contribution in [3.63, 3.8) is 0 Å². The molecule has 1 aliphatic rings. The summed E-state index contributed by atoms with van der Waals surface area (Å²) < 4.78 is 0. The van der Waals surface area contributed by atoms with Crippen molar-refractivity contribution in [2.24, 2.45) is 0 Å². The molecule has 0 saturated carbocycles. The first kappa shape index (κ1) is 13.8. The molecule has 0 bridgehead atoms. The molecule has 0 saturated heterocycles. The average molecular weight is 311 g/mol. The van der Waals surface area contributed by atoms with E-state index in [-0.39, 0.29) is 32.7 Å². The zero-order valence-corrected chi connectivity index (χ0v) is 13.8. The Balaban J connectivity index is 0.00000120. The summed E-state index contributed by atoms with van der Waals surface area (Å²) in [6, 6.07) is 8.66. The first-order valence-electron chi connectivity index (χ1n) is 6.04. The number of pyridine rings is 1. The Morgan fingerprint density at radius 1 is 1.06 bits per heavy atom. The third-order valence-electron chi connectivity index (χ3n) is 3.84. The van der Waals surface area contributed by atoms with Gasteiger partial charge in [-0.2, -0.15) is 12.5 Å². The van der Waals surface area contributed by atoms with E-state index in [0.29, 0.717) is 0 Å². The van der Waals surface area contributed by atoms with Gasteiger partial charge >= 0.3 is 0 Å². The Hall–Kier alpha value is -0.656. The number of nitrogens with zero attached hydrogens (tertiary/aromatic N) is 1. The second-order valence-corrected chi connectivity index (χ2v) is 4.85. The Labute approximate surface area is 134 Å². The minimum atomic E-state index is 0. The molecule has 1 radical (unpaired) electrons. The molecule has 2 heteroatoms. The van der Waals surface area contributed by atoms with Gasteiger partial charge in [0.15, 0.2) is 0 Å². The van der Waals surface area contributed by atoms with E-state index < -0.39 is 0 Å². The van der Waals surface area contributed by atoms with Crippen molar-refractivity contribution in [2.45, 2.75) is 26.7 Å². The van der Waals surface area contributed by atoms with Crippen molar-refractivity contribution in [2.75, 3.05) is 0 Å². The molecule has 1 nitrogen and oxygen atoms in total. The first-order valence-corrected chi connectivity index (χ1v) is 6.04. The molecule has 0 fully saturated rings. The number of hydrogen-bond acceptors (Lipinski definition) is 1. The van der Waals surface area contributed by atoms with E-state index >= 15 is 0 Å². The second-order valence-electron chi connectivity index (χ2n) is 4.85. The van der Waals surface area contributed by atoms with Crippen LogP contribution in [0.15, 0.2) is 24.3 Å². The van der Waals surface area contributed by atoms with Gasteiger partial charge in [-0.3, -0.25) is 0 Å². The monoisotopic (exact) mass is 311 g/mol. The summed E-state index contributed by atoms with van der Waals surface area (Å²) in [4.78, 5) is 4.71. The molecule has 0 aliphatic heterocycles. The molecule has 89 valence electrons. The number of fused-ring (bicyclic) bond motifs is 2. The zero-order chi connectivity index (χ0) is 12.0. The van der Waals surface area contributed by atoms with Crippen LogP contribution in [0.1, 0.15) is 39.2 Å². The Morgan fingerprint density at radius 2 is 1.67 bits per heavy atom. The maximum atomic E-state index is 4.71. The summed E-state index contributed by atoms with van der Waals surface area (Å²) in [5.41, 5.74) is 8.98. The predicted octanol–water partition coefficient (Wildman–Crippen LogP) is 3.37. The number of hydrogen-bond donors (Lipinski definition) is 0. The molecule has 1 aromatic heterocycles. The van der Waals surface area contributed by atoms with E-state index in [1.807, 2.05) is 0 Å². The minimum absolute atomic E-state index is 0. The molecule has 0 atom stereocenters. The fourth-order valence-corrected chi connectivity index (χ4v) is 2.66. The summed E-state index contributed by atoms with van der Waals surface area (Å²) >= 11 is 0. The predicted molar refractivity (Wildman–Crippen MR) is 70.2 cm³/mol. The molecule has 3 rings (SSSR count). The van der Waals surface area contributed by atoms with Gasteiger partial charge in [0.25, 0.3) is 0 Å². The standard InChI is InChI=1S/C16H16N.Y/c1-10-11(2)15-8-13-6-4-5-7-14(13)9-16(15)17-12(10)3;/h4-7H,1,8-9H2,2-3H3;/q-1;.